The molecule has 0 heterocycles. The molecule has 0 aliphatic rings. The molecule has 88 valence electrons. The molecule has 0 unspecified atom stereocenters. The lowest BCUT2D eigenvalue weighted by Gasteiger charge is -2.21. The van der Waals surface area contributed by atoms with Crippen molar-refractivity contribution >= 4 is 11.9 Å². The van der Waals surface area contributed by atoms with Crippen molar-refractivity contribution in [2.45, 2.75) is 45.7 Å². The van der Waals surface area contributed by atoms with E-state index in [1.54, 1.807) is 13.8 Å². The van der Waals surface area contributed by atoms with Crippen LogP contribution < -0.4 is 11.1 Å². The molecule has 0 aromatic carbocycles. The molecule has 4 N–H and O–H groups in total. The highest BCUT2D eigenvalue weighted by Crippen LogP contribution is 2.08. The van der Waals surface area contributed by atoms with Crippen molar-refractivity contribution in [3.63, 3.8) is 0 Å². The van der Waals surface area contributed by atoms with E-state index in [0.29, 0.717) is 12.8 Å². The lowest BCUT2D eigenvalue weighted by atomic mass is 9.99. The average Bonchev–Trinajstić information content (AvgIpc) is 2.22. The summed E-state index contributed by atoms with van der Waals surface area (Å²) in [6.45, 7) is 5.45. The summed E-state index contributed by atoms with van der Waals surface area (Å²) in [4.78, 5) is 22.3. The number of aliphatic carboxylic acids is 1. The summed E-state index contributed by atoms with van der Waals surface area (Å²) in [7, 11) is 0. The van der Waals surface area contributed by atoms with Gasteiger partial charge in [0.1, 0.15) is 6.04 Å². The van der Waals surface area contributed by atoms with Crippen LogP contribution in [0.4, 0.5) is 0 Å². The quantitative estimate of drug-likeness (QED) is 0.597. The molecular weight excluding hydrogens is 196 g/mol. The Kier molecular flexibility index (Phi) is 5.93. The number of amides is 1. The van der Waals surface area contributed by atoms with E-state index < -0.39 is 24.0 Å². The third-order valence-corrected chi connectivity index (χ3v) is 2.55. The standard InChI is InChI=1S/C10H20N2O3/c1-4-6(3)8(10(14)15)12-9(13)7(11)5-2/h6-8H,4-5,11H2,1-3H3,(H,12,13)(H,14,15)/t6-,7+,8-/m0/s1. The molecule has 3 atom stereocenters. The van der Waals surface area contributed by atoms with Crippen LogP contribution in [-0.2, 0) is 9.59 Å². The topological polar surface area (TPSA) is 92.4 Å². The minimum absolute atomic E-state index is 0.101. The Labute approximate surface area is 90.0 Å². The molecular formula is C10H20N2O3. The molecule has 5 nitrogen and oxygen atoms in total. The molecule has 0 spiro atoms. The van der Waals surface area contributed by atoms with E-state index in [2.05, 4.69) is 5.32 Å². The van der Waals surface area contributed by atoms with Gasteiger partial charge < -0.3 is 16.2 Å². The zero-order valence-corrected chi connectivity index (χ0v) is 9.49. The van der Waals surface area contributed by atoms with Gasteiger partial charge in [-0.2, -0.15) is 0 Å². The number of nitrogens with two attached hydrogens (primary N) is 1. The van der Waals surface area contributed by atoms with Crippen LogP contribution in [0.1, 0.15) is 33.6 Å². The van der Waals surface area contributed by atoms with Crippen LogP contribution in [0.25, 0.3) is 0 Å². The van der Waals surface area contributed by atoms with E-state index in [9.17, 15) is 9.59 Å². The molecule has 0 aliphatic heterocycles. The van der Waals surface area contributed by atoms with Gasteiger partial charge in [0.15, 0.2) is 0 Å². The lowest BCUT2D eigenvalue weighted by Crippen LogP contribution is -2.50. The van der Waals surface area contributed by atoms with Crippen molar-refractivity contribution in [1.82, 2.24) is 5.32 Å². The molecule has 0 bridgehead atoms. The number of carbonyl (C=O) groups excluding carboxylic acids is 1. The number of hydrogen-bond donors (Lipinski definition) is 3. The van der Waals surface area contributed by atoms with E-state index in [1.165, 1.54) is 0 Å². The van der Waals surface area contributed by atoms with Gasteiger partial charge in [-0.1, -0.05) is 27.2 Å². The third kappa shape index (κ3) is 4.29. The third-order valence-electron chi connectivity index (χ3n) is 2.55. The van der Waals surface area contributed by atoms with E-state index in [-0.39, 0.29) is 5.92 Å². The molecule has 0 saturated heterocycles. The van der Waals surface area contributed by atoms with Crippen LogP contribution >= 0.6 is 0 Å². The summed E-state index contributed by atoms with van der Waals surface area (Å²) in [6.07, 6.45) is 1.19. The van der Waals surface area contributed by atoms with Gasteiger partial charge in [0.05, 0.1) is 6.04 Å². The van der Waals surface area contributed by atoms with Crippen molar-refractivity contribution in [3.8, 4) is 0 Å². The minimum Gasteiger partial charge on any atom is -0.480 e. The largest absolute Gasteiger partial charge is 0.480 e. The highest BCUT2D eigenvalue weighted by Gasteiger charge is 2.26. The first-order valence-corrected chi connectivity index (χ1v) is 5.22. The molecule has 0 aromatic rings. The number of hydrogen-bond acceptors (Lipinski definition) is 3. The molecule has 15 heavy (non-hydrogen) atoms. The summed E-state index contributed by atoms with van der Waals surface area (Å²) in [5.74, 6) is -1.51. The van der Waals surface area contributed by atoms with Crippen LogP contribution in [0, 0.1) is 5.92 Å². The van der Waals surface area contributed by atoms with Crippen LogP contribution in [0.2, 0.25) is 0 Å². The van der Waals surface area contributed by atoms with Gasteiger partial charge in [0, 0.05) is 0 Å². The SMILES string of the molecule is CC[C@@H](N)C(=O)N[C@H](C(=O)O)[C@@H](C)CC. The van der Waals surface area contributed by atoms with Crippen LogP contribution in [0.3, 0.4) is 0 Å². The number of carboxylic acids is 1. The van der Waals surface area contributed by atoms with Crippen molar-refractivity contribution in [3.05, 3.63) is 0 Å². The molecule has 0 fully saturated rings. The molecule has 0 aliphatic carbocycles. The number of carbonyl (C=O) groups is 2. The molecule has 1 amide bonds. The van der Waals surface area contributed by atoms with Gasteiger partial charge >= 0.3 is 5.97 Å². The Morgan fingerprint density at radius 1 is 1.33 bits per heavy atom. The van der Waals surface area contributed by atoms with E-state index >= 15 is 0 Å². The van der Waals surface area contributed by atoms with Gasteiger partial charge in [0.25, 0.3) is 0 Å². The number of rotatable bonds is 6. The highest BCUT2D eigenvalue weighted by atomic mass is 16.4. The molecule has 0 rings (SSSR count). The fourth-order valence-corrected chi connectivity index (χ4v) is 1.13. The maximum atomic E-state index is 11.4. The summed E-state index contributed by atoms with van der Waals surface area (Å²) >= 11 is 0. The molecule has 0 saturated carbocycles. The molecule has 5 heteroatoms. The maximum absolute atomic E-state index is 11.4. The second-order valence-corrected chi connectivity index (χ2v) is 3.72. The van der Waals surface area contributed by atoms with Crippen LogP contribution in [0.5, 0.6) is 0 Å². The van der Waals surface area contributed by atoms with Gasteiger partial charge in [-0.05, 0) is 12.3 Å². The van der Waals surface area contributed by atoms with Gasteiger partial charge in [0.2, 0.25) is 5.91 Å². The van der Waals surface area contributed by atoms with Crippen molar-refractivity contribution < 1.29 is 14.7 Å². The zero-order valence-electron chi connectivity index (χ0n) is 9.49. The number of carboxylic acid groups (broad SMARTS) is 1. The van der Waals surface area contributed by atoms with Crippen LogP contribution in [0.15, 0.2) is 0 Å². The Balaban J connectivity index is 4.42. The van der Waals surface area contributed by atoms with Crippen molar-refractivity contribution in [2.75, 3.05) is 0 Å². The highest BCUT2D eigenvalue weighted by molar-refractivity contribution is 5.86. The first-order valence-electron chi connectivity index (χ1n) is 5.22. The summed E-state index contributed by atoms with van der Waals surface area (Å²) in [5, 5.41) is 11.4. The summed E-state index contributed by atoms with van der Waals surface area (Å²) < 4.78 is 0. The maximum Gasteiger partial charge on any atom is 0.326 e. The fourth-order valence-electron chi connectivity index (χ4n) is 1.13. The van der Waals surface area contributed by atoms with E-state index in [4.69, 9.17) is 10.8 Å². The Morgan fingerprint density at radius 3 is 2.20 bits per heavy atom. The molecule has 0 radical (unpaired) electrons. The Hall–Kier alpha value is -1.10. The van der Waals surface area contributed by atoms with Crippen molar-refractivity contribution in [2.24, 2.45) is 11.7 Å². The monoisotopic (exact) mass is 216 g/mol. The predicted octanol–water partition coefficient (Wildman–Crippen LogP) is 0.339. The minimum atomic E-state index is -1.01. The van der Waals surface area contributed by atoms with E-state index in [1.807, 2.05) is 6.92 Å². The van der Waals surface area contributed by atoms with Crippen molar-refractivity contribution in [1.29, 1.82) is 0 Å². The lowest BCUT2D eigenvalue weighted by molar-refractivity contribution is -0.143. The first kappa shape index (κ1) is 13.9. The first-order chi connectivity index (χ1) is 6.93. The normalized spacial score (nSPS) is 16.5. The second-order valence-electron chi connectivity index (χ2n) is 3.72. The van der Waals surface area contributed by atoms with E-state index in [0.717, 1.165) is 0 Å². The van der Waals surface area contributed by atoms with Gasteiger partial charge in [-0.25, -0.2) is 4.79 Å². The summed E-state index contributed by atoms with van der Waals surface area (Å²) in [6, 6.07) is -1.48. The predicted molar refractivity (Wildman–Crippen MR) is 57.3 cm³/mol. The fraction of sp³-hybridized carbons (Fsp3) is 0.800. The average molecular weight is 216 g/mol. The van der Waals surface area contributed by atoms with Gasteiger partial charge in [-0.15, -0.1) is 0 Å². The number of nitrogens with one attached hydrogen (secondary N) is 1. The van der Waals surface area contributed by atoms with Gasteiger partial charge in [-0.3, -0.25) is 4.79 Å². The zero-order chi connectivity index (χ0) is 12.0. The summed E-state index contributed by atoms with van der Waals surface area (Å²) in [5.41, 5.74) is 5.50. The molecule has 0 aromatic heterocycles. The Morgan fingerprint density at radius 2 is 1.87 bits per heavy atom. The smallest absolute Gasteiger partial charge is 0.326 e. The second kappa shape index (κ2) is 6.40. The Bertz CT molecular complexity index is 231. The van der Waals surface area contributed by atoms with Crippen LogP contribution in [-0.4, -0.2) is 29.1 Å².